The molecular weight excluding hydrogens is 298 g/mol. The lowest BCUT2D eigenvalue weighted by Gasteiger charge is -2.05. The van der Waals surface area contributed by atoms with Crippen LogP contribution in [0.4, 0.5) is 5.69 Å². The Balaban J connectivity index is 2.26. The monoisotopic (exact) mass is 311 g/mol. The first kappa shape index (κ1) is 14.6. The normalized spacial score (nSPS) is 10.5. The van der Waals surface area contributed by atoms with E-state index in [1.807, 2.05) is 6.92 Å². The van der Waals surface area contributed by atoms with Gasteiger partial charge in [-0.2, -0.15) is 0 Å². The van der Waals surface area contributed by atoms with Gasteiger partial charge in [0, 0.05) is 0 Å². The number of aromatic nitrogens is 2. The van der Waals surface area contributed by atoms with Crippen molar-refractivity contribution in [2.75, 3.05) is 5.32 Å². The van der Waals surface area contributed by atoms with Gasteiger partial charge in [-0.25, -0.2) is 4.79 Å². The maximum absolute atomic E-state index is 12.2. The van der Waals surface area contributed by atoms with Crippen LogP contribution in [-0.2, 0) is 6.42 Å². The molecule has 2 N–H and O–H groups in total. The molecule has 0 atom stereocenters. The molecule has 0 unspecified atom stereocenters. The zero-order chi connectivity index (χ0) is 14.7. The third kappa shape index (κ3) is 2.86. The van der Waals surface area contributed by atoms with Crippen LogP contribution in [0.25, 0.3) is 0 Å². The fourth-order valence-electron chi connectivity index (χ4n) is 1.71. The Labute approximate surface area is 123 Å². The molecule has 0 spiro atoms. The van der Waals surface area contributed by atoms with Crippen LogP contribution in [0.1, 0.15) is 43.9 Å². The Kier molecular flexibility index (Phi) is 4.46. The van der Waals surface area contributed by atoms with Gasteiger partial charge < -0.3 is 10.4 Å². The van der Waals surface area contributed by atoms with Gasteiger partial charge in [0.25, 0.3) is 5.91 Å². The number of hydrogen-bond donors (Lipinski definition) is 2. The minimum atomic E-state index is -1.05. The molecule has 0 aliphatic rings. The first-order chi connectivity index (χ1) is 9.54. The largest absolute Gasteiger partial charge is 0.477 e. The molecule has 0 aliphatic heterocycles. The second-order valence-corrected chi connectivity index (χ2v) is 5.81. The number of thiophene rings is 1. The lowest BCUT2D eigenvalue weighted by Crippen LogP contribution is -2.14. The second kappa shape index (κ2) is 6.10. The summed E-state index contributed by atoms with van der Waals surface area (Å²) < 4.78 is 3.79. The summed E-state index contributed by atoms with van der Waals surface area (Å²) in [6.07, 6.45) is 1.54. The highest BCUT2D eigenvalue weighted by molar-refractivity contribution is 7.12. The van der Waals surface area contributed by atoms with Crippen molar-refractivity contribution < 1.29 is 14.7 Å². The summed E-state index contributed by atoms with van der Waals surface area (Å²) in [6, 6.07) is 0. The third-order valence-corrected chi connectivity index (χ3v) is 4.51. The number of hydrogen-bond acceptors (Lipinski definition) is 6. The summed E-state index contributed by atoms with van der Waals surface area (Å²) >= 11 is 2.12. The average molecular weight is 311 g/mol. The third-order valence-electron chi connectivity index (χ3n) is 2.66. The molecule has 0 fully saturated rings. The number of aromatic carboxylic acids is 1. The Hall–Kier alpha value is -1.80. The van der Waals surface area contributed by atoms with E-state index in [4.69, 9.17) is 5.11 Å². The van der Waals surface area contributed by atoms with Crippen LogP contribution in [0, 0.1) is 6.92 Å². The van der Waals surface area contributed by atoms with Crippen molar-refractivity contribution in [3.8, 4) is 0 Å². The summed E-state index contributed by atoms with van der Waals surface area (Å²) in [7, 11) is 0. The molecule has 2 rings (SSSR count). The number of anilines is 1. The van der Waals surface area contributed by atoms with Gasteiger partial charge in [-0.3, -0.25) is 4.79 Å². The maximum Gasteiger partial charge on any atom is 0.348 e. The standard InChI is InChI=1S/C12H13N3O3S2/c1-3-4-7-9(20-15-14-7)11(16)13-8-6(2)5-19-10(8)12(17)18/h5H,3-4H2,1-2H3,(H,13,16)(H,17,18). The number of carbonyl (C=O) groups is 2. The van der Waals surface area contributed by atoms with Crippen LogP contribution < -0.4 is 5.32 Å². The fraction of sp³-hybridized carbons (Fsp3) is 0.333. The van der Waals surface area contributed by atoms with E-state index in [2.05, 4.69) is 14.9 Å². The van der Waals surface area contributed by atoms with Crippen molar-refractivity contribution in [2.24, 2.45) is 0 Å². The van der Waals surface area contributed by atoms with Crippen molar-refractivity contribution in [1.82, 2.24) is 9.59 Å². The second-order valence-electron chi connectivity index (χ2n) is 4.18. The molecule has 0 saturated heterocycles. The van der Waals surface area contributed by atoms with Crippen molar-refractivity contribution in [1.29, 1.82) is 0 Å². The van der Waals surface area contributed by atoms with E-state index in [9.17, 15) is 9.59 Å². The van der Waals surface area contributed by atoms with Crippen LogP contribution in [0.2, 0.25) is 0 Å². The summed E-state index contributed by atoms with van der Waals surface area (Å²) in [4.78, 5) is 23.9. The molecule has 6 nitrogen and oxygen atoms in total. The predicted octanol–water partition coefficient (Wildman–Crippen LogP) is 2.81. The van der Waals surface area contributed by atoms with E-state index in [1.165, 1.54) is 0 Å². The molecule has 0 aromatic carbocycles. The van der Waals surface area contributed by atoms with Crippen LogP contribution in [0.5, 0.6) is 0 Å². The average Bonchev–Trinajstić information content (AvgIpc) is 2.98. The number of carboxylic acid groups (broad SMARTS) is 1. The van der Waals surface area contributed by atoms with Crippen molar-refractivity contribution in [2.45, 2.75) is 26.7 Å². The molecule has 2 aromatic rings. The quantitative estimate of drug-likeness (QED) is 0.885. The van der Waals surface area contributed by atoms with Crippen LogP contribution in [0.15, 0.2) is 5.38 Å². The highest BCUT2D eigenvalue weighted by Crippen LogP contribution is 2.28. The topological polar surface area (TPSA) is 92.2 Å². The van der Waals surface area contributed by atoms with E-state index >= 15 is 0 Å². The summed E-state index contributed by atoms with van der Waals surface area (Å²) in [5.74, 6) is -1.40. The number of nitrogens with zero attached hydrogens (tertiary/aromatic N) is 2. The number of rotatable bonds is 5. The molecule has 8 heteroatoms. The lowest BCUT2D eigenvalue weighted by molar-refractivity contribution is 0.0703. The van der Waals surface area contributed by atoms with Crippen LogP contribution >= 0.6 is 22.9 Å². The molecule has 0 bridgehead atoms. The number of amides is 1. The summed E-state index contributed by atoms with van der Waals surface area (Å²) in [5.41, 5.74) is 1.73. The SMILES string of the molecule is CCCc1nnsc1C(=O)Nc1c(C)csc1C(=O)O. The van der Waals surface area contributed by atoms with Gasteiger partial charge >= 0.3 is 5.97 Å². The number of nitrogens with one attached hydrogen (secondary N) is 1. The van der Waals surface area contributed by atoms with Crippen molar-refractivity contribution in [3.05, 3.63) is 26.4 Å². The molecule has 20 heavy (non-hydrogen) atoms. The molecule has 2 heterocycles. The van der Waals surface area contributed by atoms with Gasteiger partial charge in [-0.05, 0) is 35.8 Å². The van der Waals surface area contributed by atoms with E-state index < -0.39 is 5.97 Å². The van der Waals surface area contributed by atoms with Gasteiger partial charge in [0.1, 0.15) is 9.75 Å². The molecule has 106 valence electrons. The Morgan fingerprint density at radius 2 is 2.15 bits per heavy atom. The lowest BCUT2D eigenvalue weighted by atomic mass is 10.2. The maximum atomic E-state index is 12.2. The molecule has 0 radical (unpaired) electrons. The first-order valence-electron chi connectivity index (χ1n) is 5.98. The van der Waals surface area contributed by atoms with E-state index in [1.54, 1.807) is 12.3 Å². The highest BCUT2D eigenvalue weighted by atomic mass is 32.1. The molecule has 0 aliphatic carbocycles. The predicted molar refractivity (Wildman–Crippen MR) is 77.9 cm³/mol. The molecular formula is C12H13N3O3S2. The van der Waals surface area contributed by atoms with Gasteiger partial charge in [0.15, 0.2) is 0 Å². The fourth-order valence-corrected chi connectivity index (χ4v) is 3.16. The molecule has 2 aromatic heterocycles. The van der Waals surface area contributed by atoms with E-state index in [0.29, 0.717) is 22.7 Å². The van der Waals surface area contributed by atoms with Gasteiger partial charge in [-0.15, -0.1) is 16.4 Å². The number of carboxylic acids is 1. The highest BCUT2D eigenvalue weighted by Gasteiger charge is 2.21. The summed E-state index contributed by atoms with van der Waals surface area (Å²) in [5, 5.41) is 17.4. The Morgan fingerprint density at radius 3 is 2.80 bits per heavy atom. The van der Waals surface area contributed by atoms with E-state index in [0.717, 1.165) is 34.9 Å². The molecule has 1 amide bonds. The minimum Gasteiger partial charge on any atom is -0.477 e. The van der Waals surface area contributed by atoms with E-state index in [-0.39, 0.29) is 10.8 Å². The Bertz CT molecular complexity index is 648. The number of carbonyl (C=O) groups excluding carboxylic acids is 1. The van der Waals surface area contributed by atoms with Gasteiger partial charge in [-0.1, -0.05) is 17.8 Å². The minimum absolute atomic E-state index is 0.130. The van der Waals surface area contributed by atoms with Crippen LogP contribution in [0.3, 0.4) is 0 Å². The van der Waals surface area contributed by atoms with Crippen LogP contribution in [-0.4, -0.2) is 26.6 Å². The Morgan fingerprint density at radius 1 is 1.40 bits per heavy atom. The summed E-state index contributed by atoms with van der Waals surface area (Å²) in [6.45, 7) is 3.75. The number of aryl methyl sites for hydroxylation is 2. The smallest absolute Gasteiger partial charge is 0.348 e. The molecule has 0 saturated carbocycles. The van der Waals surface area contributed by atoms with Crippen molar-refractivity contribution >= 4 is 40.4 Å². The van der Waals surface area contributed by atoms with Gasteiger partial charge in [0.05, 0.1) is 11.4 Å². The first-order valence-corrected chi connectivity index (χ1v) is 7.63. The van der Waals surface area contributed by atoms with Gasteiger partial charge in [0.2, 0.25) is 0 Å². The van der Waals surface area contributed by atoms with Crippen molar-refractivity contribution in [3.63, 3.8) is 0 Å². The zero-order valence-electron chi connectivity index (χ0n) is 11.0. The zero-order valence-corrected chi connectivity index (χ0v) is 12.6.